The Morgan fingerprint density at radius 1 is 1.07 bits per heavy atom. The molecule has 1 aliphatic carbocycles. The molecule has 1 aliphatic rings. The first-order valence-electron chi connectivity index (χ1n) is 9.25. The number of aromatic nitrogens is 4. The average Bonchev–Trinajstić information content (AvgIpc) is 3.40. The fraction of sp³-hybridized carbons (Fsp3) is 0.136. The molecule has 4 aromatic rings. The molecule has 5 rings (SSSR count). The van der Waals surface area contributed by atoms with Gasteiger partial charge >= 0.3 is 0 Å². The van der Waals surface area contributed by atoms with Gasteiger partial charge in [0.1, 0.15) is 5.69 Å². The van der Waals surface area contributed by atoms with Gasteiger partial charge in [0.15, 0.2) is 0 Å². The molecule has 0 fully saturated rings. The zero-order valence-corrected chi connectivity index (χ0v) is 18.5. The van der Waals surface area contributed by atoms with Crippen LogP contribution in [0.5, 0.6) is 0 Å². The highest BCUT2D eigenvalue weighted by molar-refractivity contribution is 9.10. The van der Waals surface area contributed by atoms with E-state index in [-0.39, 0.29) is 0 Å². The van der Waals surface area contributed by atoms with Gasteiger partial charge in [-0.05, 0) is 54.1 Å². The molecule has 0 N–H and O–H groups in total. The first kappa shape index (κ1) is 18.7. The Morgan fingerprint density at radius 3 is 2.83 bits per heavy atom. The summed E-state index contributed by atoms with van der Waals surface area (Å²) >= 11 is 12.0. The number of hydrogen-bond acceptors (Lipinski definition) is 4. The predicted molar refractivity (Wildman–Crippen MR) is 122 cm³/mol. The first-order valence-corrected chi connectivity index (χ1v) is 11.3. The molecule has 0 amide bonds. The van der Waals surface area contributed by atoms with E-state index in [0.717, 1.165) is 56.1 Å². The lowest BCUT2D eigenvalue weighted by atomic mass is 9.94. The van der Waals surface area contributed by atoms with Gasteiger partial charge in [0.25, 0.3) is 0 Å². The molecule has 0 saturated heterocycles. The Balaban J connectivity index is 1.43. The van der Waals surface area contributed by atoms with Gasteiger partial charge in [-0.3, -0.25) is 4.98 Å². The molecule has 0 bridgehead atoms. The minimum atomic E-state index is 0.666. The monoisotopic (exact) mass is 482 g/mol. The van der Waals surface area contributed by atoms with Crippen molar-refractivity contribution in [3.63, 3.8) is 0 Å². The molecule has 0 radical (unpaired) electrons. The summed E-state index contributed by atoms with van der Waals surface area (Å²) in [6, 6.07) is 16.4. The number of fused-ring (bicyclic) bond motifs is 1. The Bertz CT molecular complexity index is 1210. The molecule has 29 heavy (non-hydrogen) atoms. The van der Waals surface area contributed by atoms with Crippen LogP contribution in [-0.2, 0) is 13.0 Å². The summed E-state index contributed by atoms with van der Waals surface area (Å²) in [5, 5.41) is 11.5. The normalized spacial score (nSPS) is 13.6. The van der Waals surface area contributed by atoms with Crippen molar-refractivity contribution in [2.75, 3.05) is 0 Å². The summed E-state index contributed by atoms with van der Waals surface area (Å²) in [4.78, 5) is 6.02. The maximum Gasteiger partial charge on any atom is 0.110 e. The van der Waals surface area contributed by atoms with Gasteiger partial charge in [-0.2, -0.15) is 0 Å². The second kappa shape index (κ2) is 7.86. The van der Waals surface area contributed by atoms with Gasteiger partial charge in [-0.15, -0.1) is 16.4 Å². The maximum absolute atomic E-state index is 6.77. The Kier molecular flexibility index (Phi) is 5.08. The van der Waals surface area contributed by atoms with Crippen molar-refractivity contribution in [2.45, 2.75) is 19.4 Å². The molecule has 3 heterocycles. The molecule has 0 unspecified atom stereocenters. The SMILES string of the molecule is ClC1=C(c2cn(Cc3cccc(Br)c3)nn2)CCc2nc(-c3cccs3)ccc21. The first-order chi connectivity index (χ1) is 14.2. The van der Waals surface area contributed by atoms with Crippen molar-refractivity contribution in [3.05, 3.63) is 87.1 Å². The van der Waals surface area contributed by atoms with E-state index in [9.17, 15) is 0 Å². The van der Waals surface area contributed by atoms with Gasteiger partial charge in [0.05, 0.1) is 34.0 Å². The second-order valence-electron chi connectivity index (χ2n) is 6.89. The second-order valence-corrected chi connectivity index (χ2v) is 9.13. The van der Waals surface area contributed by atoms with Crippen LogP contribution in [0.3, 0.4) is 0 Å². The maximum atomic E-state index is 6.77. The molecule has 0 aliphatic heterocycles. The standard InChI is InChI=1S/C22H16BrClN4S/c23-15-4-1-3-14(11-15)12-28-13-20(26-27-28)17-6-8-18-16(22(17)24)7-9-19(25-18)21-5-2-10-29-21/h1-5,7,9-11,13H,6,8,12H2. The summed E-state index contributed by atoms with van der Waals surface area (Å²) in [7, 11) is 0. The zero-order chi connectivity index (χ0) is 19.8. The smallest absolute Gasteiger partial charge is 0.110 e. The zero-order valence-electron chi connectivity index (χ0n) is 15.3. The molecule has 144 valence electrons. The number of thiophene rings is 1. The van der Waals surface area contributed by atoms with Crippen LogP contribution < -0.4 is 0 Å². The van der Waals surface area contributed by atoms with Gasteiger partial charge in [-0.1, -0.05) is 50.9 Å². The number of aryl methyl sites for hydroxylation is 1. The molecular weight excluding hydrogens is 468 g/mol. The molecular formula is C22H16BrClN4S. The number of nitrogens with zero attached hydrogens (tertiary/aromatic N) is 4. The lowest BCUT2D eigenvalue weighted by molar-refractivity contribution is 0.649. The van der Waals surface area contributed by atoms with Crippen LogP contribution in [0.1, 0.15) is 28.9 Å². The van der Waals surface area contributed by atoms with Crippen LogP contribution in [0.2, 0.25) is 0 Å². The van der Waals surface area contributed by atoms with Crippen molar-refractivity contribution in [1.82, 2.24) is 20.0 Å². The Labute approximate surface area is 186 Å². The van der Waals surface area contributed by atoms with Gasteiger partial charge in [0.2, 0.25) is 0 Å². The number of pyridine rings is 1. The highest BCUT2D eigenvalue weighted by Crippen LogP contribution is 2.39. The lowest BCUT2D eigenvalue weighted by Gasteiger charge is -2.18. The quantitative estimate of drug-likeness (QED) is 0.344. The van der Waals surface area contributed by atoms with E-state index in [4.69, 9.17) is 16.6 Å². The Morgan fingerprint density at radius 2 is 2.00 bits per heavy atom. The van der Waals surface area contributed by atoms with Crippen LogP contribution >= 0.6 is 38.9 Å². The van der Waals surface area contributed by atoms with Crippen molar-refractivity contribution in [1.29, 1.82) is 0 Å². The Hall–Kier alpha value is -2.28. The van der Waals surface area contributed by atoms with E-state index in [1.807, 2.05) is 35.1 Å². The van der Waals surface area contributed by atoms with E-state index >= 15 is 0 Å². The third-order valence-electron chi connectivity index (χ3n) is 4.94. The van der Waals surface area contributed by atoms with Crippen LogP contribution in [0, 0.1) is 0 Å². The number of allylic oxidation sites excluding steroid dienone is 1. The highest BCUT2D eigenvalue weighted by Gasteiger charge is 2.22. The molecule has 7 heteroatoms. The van der Waals surface area contributed by atoms with Crippen molar-refractivity contribution in [2.24, 2.45) is 0 Å². The molecule has 0 spiro atoms. The largest absolute Gasteiger partial charge is 0.251 e. The summed E-state index contributed by atoms with van der Waals surface area (Å²) < 4.78 is 2.90. The number of hydrogen-bond donors (Lipinski definition) is 0. The third kappa shape index (κ3) is 3.80. The summed E-state index contributed by atoms with van der Waals surface area (Å²) in [5.74, 6) is 0. The number of halogens is 2. The number of rotatable bonds is 4. The van der Waals surface area contributed by atoms with Crippen molar-refractivity contribution >= 4 is 49.5 Å². The molecule has 1 aromatic carbocycles. The van der Waals surface area contributed by atoms with E-state index in [1.54, 1.807) is 11.3 Å². The van der Waals surface area contributed by atoms with E-state index in [0.29, 0.717) is 6.54 Å². The highest BCUT2D eigenvalue weighted by atomic mass is 79.9. The fourth-order valence-corrected chi connectivity index (χ4v) is 5.05. The van der Waals surface area contributed by atoms with Crippen molar-refractivity contribution in [3.8, 4) is 10.6 Å². The van der Waals surface area contributed by atoms with E-state index < -0.39 is 0 Å². The van der Waals surface area contributed by atoms with Gasteiger partial charge < -0.3 is 0 Å². The van der Waals surface area contributed by atoms with Gasteiger partial charge in [0, 0.05) is 15.6 Å². The van der Waals surface area contributed by atoms with E-state index in [2.05, 4.69) is 55.9 Å². The minimum Gasteiger partial charge on any atom is -0.251 e. The molecule has 4 nitrogen and oxygen atoms in total. The lowest BCUT2D eigenvalue weighted by Crippen LogP contribution is -2.05. The van der Waals surface area contributed by atoms with Crippen LogP contribution in [-0.4, -0.2) is 20.0 Å². The summed E-state index contributed by atoms with van der Waals surface area (Å²) in [6.07, 6.45) is 3.62. The predicted octanol–water partition coefficient (Wildman–Crippen LogP) is 6.27. The van der Waals surface area contributed by atoms with Crippen LogP contribution in [0.15, 0.2) is 64.6 Å². The van der Waals surface area contributed by atoms with Crippen LogP contribution in [0.25, 0.3) is 21.2 Å². The topological polar surface area (TPSA) is 43.6 Å². The summed E-state index contributed by atoms with van der Waals surface area (Å²) in [6.45, 7) is 0.666. The van der Waals surface area contributed by atoms with Crippen LogP contribution in [0.4, 0.5) is 0 Å². The molecule has 0 atom stereocenters. The van der Waals surface area contributed by atoms with Crippen molar-refractivity contribution < 1.29 is 0 Å². The summed E-state index contributed by atoms with van der Waals surface area (Å²) in [5.41, 5.74) is 6.08. The fourth-order valence-electron chi connectivity index (χ4n) is 3.55. The third-order valence-corrected chi connectivity index (χ3v) is 6.76. The minimum absolute atomic E-state index is 0.666. The van der Waals surface area contributed by atoms with Gasteiger partial charge in [-0.25, -0.2) is 4.68 Å². The average molecular weight is 484 g/mol. The molecule has 3 aromatic heterocycles. The van der Waals surface area contributed by atoms with E-state index in [1.165, 1.54) is 4.88 Å². The number of benzene rings is 1. The molecule has 0 saturated carbocycles.